The fourth-order valence-corrected chi connectivity index (χ4v) is 4.09. The van der Waals surface area contributed by atoms with Crippen molar-refractivity contribution in [1.82, 2.24) is 19.8 Å². The van der Waals surface area contributed by atoms with Crippen molar-refractivity contribution in [1.29, 1.82) is 0 Å². The van der Waals surface area contributed by atoms with Gasteiger partial charge < -0.3 is 20.1 Å². The van der Waals surface area contributed by atoms with Gasteiger partial charge in [0.15, 0.2) is 0 Å². The lowest BCUT2D eigenvalue weighted by Gasteiger charge is -2.38. The first-order valence-electron chi connectivity index (χ1n) is 11.0. The first-order valence-corrected chi connectivity index (χ1v) is 11.4. The Balaban J connectivity index is 1.56. The first-order chi connectivity index (χ1) is 16.4. The van der Waals surface area contributed by atoms with E-state index in [-0.39, 0.29) is 12.5 Å². The molecule has 1 aliphatic rings. The second-order valence-electron chi connectivity index (χ2n) is 7.93. The number of amides is 2. The lowest BCUT2D eigenvalue weighted by molar-refractivity contribution is 0.0390. The highest BCUT2D eigenvalue weighted by Gasteiger charge is 2.31. The molecular formula is C24H26ClN5O4. The third kappa shape index (κ3) is 4.90. The van der Waals surface area contributed by atoms with E-state index < -0.39 is 12.3 Å². The van der Waals surface area contributed by atoms with Crippen LogP contribution in [0, 0.1) is 0 Å². The molecule has 34 heavy (non-hydrogen) atoms. The van der Waals surface area contributed by atoms with E-state index in [9.17, 15) is 9.59 Å². The van der Waals surface area contributed by atoms with Gasteiger partial charge in [0.1, 0.15) is 6.17 Å². The molecule has 1 atom stereocenters. The normalized spacial score (nSPS) is 15.9. The van der Waals surface area contributed by atoms with Crippen molar-refractivity contribution in [2.45, 2.75) is 19.5 Å². The number of carbonyl (C=O) groups is 2. The molecule has 10 heteroatoms. The molecule has 0 radical (unpaired) electrons. The monoisotopic (exact) mass is 483 g/mol. The summed E-state index contributed by atoms with van der Waals surface area (Å²) in [5.41, 5.74) is 8.66. The van der Waals surface area contributed by atoms with E-state index in [0.717, 1.165) is 17.4 Å². The Hall–Kier alpha value is -3.43. The van der Waals surface area contributed by atoms with Crippen LogP contribution >= 0.6 is 11.6 Å². The molecule has 1 saturated heterocycles. The first kappa shape index (κ1) is 23.7. The lowest BCUT2D eigenvalue weighted by atomic mass is 10.1. The number of hydrogen-bond donors (Lipinski definition) is 1. The number of halogens is 1. The summed E-state index contributed by atoms with van der Waals surface area (Å²) in [5.74, 6) is 0.279. The van der Waals surface area contributed by atoms with E-state index >= 15 is 0 Å². The number of nitrogens with two attached hydrogens (primary N) is 1. The molecule has 2 N–H and O–H groups in total. The van der Waals surface area contributed by atoms with Crippen LogP contribution in [0.1, 0.15) is 23.7 Å². The predicted octanol–water partition coefficient (Wildman–Crippen LogP) is 3.55. The molecule has 4 rings (SSSR count). The molecule has 0 bridgehead atoms. The largest absolute Gasteiger partial charge is 0.481 e. The number of methoxy groups -OCH3 is 1. The molecule has 9 nitrogen and oxygen atoms in total. The number of piperazine rings is 1. The van der Waals surface area contributed by atoms with Crippen molar-refractivity contribution in [3.8, 4) is 17.1 Å². The number of nitrogens with zero attached hydrogens (tertiary/aromatic N) is 4. The number of pyridine rings is 2. The minimum atomic E-state index is -0.636. The molecule has 178 valence electrons. The number of hydrogen-bond acceptors (Lipinski definition) is 7. The van der Waals surface area contributed by atoms with Gasteiger partial charge >= 0.3 is 6.09 Å². The van der Waals surface area contributed by atoms with Gasteiger partial charge in [-0.15, -0.1) is 0 Å². The van der Waals surface area contributed by atoms with E-state index in [1.165, 1.54) is 4.90 Å². The van der Waals surface area contributed by atoms with Gasteiger partial charge in [-0.3, -0.25) is 9.69 Å². The highest BCUT2D eigenvalue weighted by Crippen LogP contribution is 2.30. The molecule has 1 aromatic carbocycles. The average Bonchev–Trinajstić information content (AvgIpc) is 2.86. The predicted molar refractivity (Wildman–Crippen MR) is 129 cm³/mol. The zero-order valence-corrected chi connectivity index (χ0v) is 19.8. The van der Waals surface area contributed by atoms with Gasteiger partial charge in [-0.05, 0) is 30.7 Å². The molecule has 3 aromatic rings. The smallest absolute Gasteiger partial charge is 0.411 e. The lowest BCUT2D eigenvalue weighted by Crippen LogP contribution is -2.60. The molecule has 0 aliphatic carbocycles. The van der Waals surface area contributed by atoms with Gasteiger partial charge in [0.25, 0.3) is 5.91 Å². The summed E-state index contributed by atoms with van der Waals surface area (Å²) >= 11 is 6.52. The van der Waals surface area contributed by atoms with Crippen molar-refractivity contribution >= 4 is 34.5 Å². The molecule has 0 spiro atoms. The van der Waals surface area contributed by atoms with Crippen LogP contribution in [0.5, 0.6) is 5.88 Å². The highest BCUT2D eigenvalue weighted by molar-refractivity contribution is 6.35. The van der Waals surface area contributed by atoms with Gasteiger partial charge in [-0.25, -0.2) is 14.8 Å². The highest BCUT2D eigenvalue weighted by atomic mass is 35.5. The molecule has 0 unspecified atom stereocenters. The Morgan fingerprint density at radius 3 is 2.76 bits per heavy atom. The van der Waals surface area contributed by atoms with Crippen LogP contribution in [-0.4, -0.2) is 71.3 Å². The molecule has 3 heterocycles. The summed E-state index contributed by atoms with van der Waals surface area (Å²) in [5, 5.41) is 1.26. The van der Waals surface area contributed by atoms with Crippen LogP contribution in [0.2, 0.25) is 5.02 Å². The fraction of sp³-hybridized carbons (Fsp3) is 0.333. The van der Waals surface area contributed by atoms with Gasteiger partial charge in [0.05, 0.1) is 36.5 Å². The number of aromatic nitrogens is 2. The summed E-state index contributed by atoms with van der Waals surface area (Å²) < 4.78 is 10.4. The maximum atomic E-state index is 13.2. The second kappa shape index (κ2) is 10.2. The van der Waals surface area contributed by atoms with Crippen molar-refractivity contribution in [3.05, 3.63) is 53.2 Å². The molecule has 1 aliphatic heterocycles. The van der Waals surface area contributed by atoms with Gasteiger partial charge in [0, 0.05) is 41.9 Å². The van der Waals surface area contributed by atoms with Crippen LogP contribution in [0.4, 0.5) is 4.79 Å². The van der Waals surface area contributed by atoms with E-state index in [0.29, 0.717) is 47.4 Å². The number of benzene rings is 1. The van der Waals surface area contributed by atoms with E-state index in [2.05, 4.69) is 4.98 Å². The zero-order valence-electron chi connectivity index (χ0n) is 19.0. The SMILES string of the molecule is CCCOC(=O)N1CCN(C(=O)c2ccc3c(Cl)cc(-c4ccnc(OC)c4)nc3c2)C[C@H]1N. The number of ether oxygens (including phenoxy) is 2. The topological polar surface area (TPSA) is 111 Å². The quantitative estimate of drug-likeness (QED) is 0.590. The standard InChI is InChI=1S/C24H26ClN5O4/c1-3-10-34-24(32)30-9-8-29(14-21(30)26)23(31)16-4-5-17-18(25)13-19(28-20(17)11-16)15-6-7-27-22(12-15)33-2/h4-7,11-13,21H,3,8-10,14,26H2,1-2H3/t21-/m0/s1. The van der Waals surface area contributed by atoms with Crippen LogP contribution in [0.15, 0.2) is 42.6 Å². The summed E-state index contributed by atoms with van der Waals surface area (Å²) in [6, 6.07) is 10.6. The van der Waals surface area contributed by atoms with Gasteiger partial charge in [-0.1, -0.05) is 24.6 Å². The number of fused-ring (bicyclic) bond motifs is 1. The summed E-state index contributed by atoms with van der Waals surface area (Å²) in [6.07, 6.45) is 1.28. The van der Waals surface area contributed by atoms with Gasteiger partial charge in [-0.2, -0.15) is 0 Å². The van der Waals surface area contributed by atoms with Crippen LogP contribution in [-0.2, 0) is 4.74 Å². The summed E-state index contributed by atoms with van der Waals surface area (Å²) in [7, 11) is 1.55. The minimum Gasteiger partial charge on any atom is -0.481 e. The van der Waals surface area contributed by atoms with Crippen molar-refractivity contribution in [3.63, 3.8) is 0 Å². The fourth-order valence-electron chi connectivity index (χ4n) is 3.82. The second-order valence-corrected chi connectivity index (χ2v) is 8.34. The number of rotatable bonds is 5. The Labute approximate surface area is 202 Å². The Morgan fingerprint density at radius 1 is 1.21 bits per heavy atom. The van der Waals surface area contributed by atoms with Crippen molar-refractivity contribution in [2.24, 2.45) is 5.73 Å². The summed E-state index contributed by atoms with van der Waals surface area (Å²) in [4.78, 5) is 37.3. The number of carbonyl (C=O) groups excluding carboxylic acids is 2. The van der Waals surface area contributed by atoms with E-state index in [1.807, 2.05) is 13.0 Å². The third-order valence-corrected chi connectivity index (χ3v) is 5.93. The van der Waals surface area contributed by atoms with E-state index in [1.54, 1.807) is 48.5 Å². The molecular weight excluding hydrogens is 458 g/mol. The van der Waals surface area contributed by atoms with Gasteiger partial charge in [0.2, 0.25) is 5.88 Å². The van der Waals surface area contributed by atoms with Crippen LogP contribution in [0.3, 0.4) is 0 Å². The molecule has 2 aromatic heterocycles. The Morgan fingerprint density at radius 2 is 2.03 bits per heavy atom. The van der Waals surface area contributed by atoms with Crippen LogP contribution < -0.4 is 10.5 Å². The maximum Gasteiger partial charge on any atom is 0.411 e. The molecule has 0 saturated carbocycles. The van der Waals surface area contributed by atoms with Crippen molar-refractivity contribution in [2.75, 3.05) is 33.4 Å². The average molecular weight is 484 g/mol. The maximum absolute atomic E-state index is 13.2. The van der Waals surface area contributed by atoms with Crippen molar-refractivity contribution < 1.29 is 19.1 Å². The third-order valence-electron chi connectivity index (χ3n) is 5.62. The Bertz CT molecular complexity index is 1220. The summed E-state index contributed by atoms with van der Waals surface area (Å²) in [6.45, 7) is 3.14. The molecule has 1 fully saturated rings. The van der Waals surface area contributed by atoms with E-state index in [4.69, 9.17) is 31.8 Å². The minimum absolute atomic E-state index is 0.187. The zero-order chi connectivity index (χ0) is 24.2. The Kier molecular flexibility index (Phi) is 7.14. The molecule has 2 amide bonds. The van der Waals surface area contributed by atoms with Crippen LogP contribution in [0.25, 0.3) is 22.2 Å².